The first-order valence-corrected chi connectivity index (χ1v) is 15.8. The molecule has 4 heterocycles. The first-order chi connectivity index (χ1) is 23.4. The van der Waals surface area contributed by atoms with Crippen molar-refractivity contribution in [2.24, 2.45) is 5.92 Å². The summed E-state index contributed by atoms with van der Waals surface area (Å²) in [5.74, 6) is -0.794. The minimum atomic E-state index is -2.77. The van der Waals surface area contributed by atoms with Crippen LogP contribution in [0.25, 0.3) is 22.4 Å². The largest absolute Gasteiger partial charge is 0.494 e. The van der Waals surface area contributed by atoms with E-state index in [9.17, 15) is 13.6 Å². The summed E-state index contributed by atoms with van der Waals surface area (Å²) in [6.45, 7) is 8.13. The van der Waals surface area contributed by atoms with Crippen LogP contribution in [0.5, 0.6) is 5.75 Å². The number of rotatable bonds is 10. The van der Waals surface area contributed by atoms with E-state index < -0.39 is 35.4 Å². The van der Waals surface area contributed by atoms with Crippen LogP contribution in [0.1, 0.15) is 50.9 Å². The van der Waals surface area contributed by atoms with Crippen LogP contribution in [-0.2, 0) is 17.7 Å². The molecule has 2 aromatic carbocycles. The van der Waals surface area contributed by atoms with E-state index in [4.69, 9.17) is 14.5 Å². The minimum absolute atomic E-state index is 0.0792. The van der Waals surface area contributed by atoms with Crippen molar-refractivity contribution in [3.05, 3.63) is 89.4 Å². The zero-order valence-electron chi connectivity index (χ0n) is 27.4. The highest BCUT2D eigenvalue weighted by Crippen LogP contribution is 2.32. The summed E-state index contributed by atoms with van der Waals surface area (Å²) in [5, 5.41) is 8.48. The number of benzene rings is 2. The second kappa shape index (κ2) is 13.7. The highest BCUT2D eigenvalue weighted by molar-refractivity contribution is 5.92. The number of hydrogen-bond donors (Lipinski definition) is 1. The van der Waals surface area contributed by atoms with Gasteiger partial charge in [-0.05, 0) is 58.2 Å². The fraction of sp³-hybridized carbons (Fsp3) is 0.343. The van der Waals surface area contributed by atoms with Crippen LogP contribution in [0, 0.1) is 17.6 Å². The Labute approximate surface area is 280 Å². The normalized spacial score (nSPS) is 13.5. The molecule has 1 saturated heterocycles. The molecular weight excluding hydrogens is 642 g/mol. The number of carbonyl (C=O) groups excluding carboxylic acids is 1. The van der Waals surface area contributed by atoms with Crippen molar-refractivity contribution in [3.8, 4) is 17.3 Å². The molecule has 1 aliphatic heterocycles. The molecular formula is C35H35F4N7O3. The van der Waals surface area contributed by atoms with Crippen LogP contribution < -0.4 is 10.1 Å². The molecule has 0 radical (unpaired) electrons. The van der Waals surface area contributed by atoms with Gasteiger partial charge in [-0.3, -0.25) is 9.67 Å². The molecule has 1 amide bonds. The van der Waals surface area contributed by atoms with Crippen LogP contribution in [0.2, 0.25) is 0 Å². The smallest absolute Gasteiger partial charge is 0.410 e. The minimum Gasteiger partial charge on any atom is -0.494 e. The topological polar surface area (TPSA) is 107 Å². The lowest BCUT2D eigenvalue weighted by Crippen LogP contribution is -2.52. The Morgan fingerprint density at radius 1 is 1.06 bits per heavy atom. The third-order valence-corrected chi connectivity index (χ3v) is 7.85. The van der Waals surface area contributed by atoms with Crippen LogP contribution in [0.4, 0.5) is 33.9 Å². The van der Waals surface area contributed by atoms with Gasteiger partial charge in [-0.25, -0.2) is 32.3 Å². The molecule has 0 aliphatic carbocycles. The van der Waals surface area contributed by atoms with Gasteiger partial charge in [0.1, 0.15) is 40.2 Å². The SMILES string of the molecule is CCOc1cc(F)c(Cn2nc(-c3ncc(CC4CN(C(=O)OC(C)(C)C)C4)c(Nc4ccnc(C(F)F)c4)n3)c3ccccc32)c(F)c1. The summed E-state index contributed by atoms with van der Waals surface area (Å²) in [4.78, 5) is 27.2. The number of pyridine rings is 1. The molecule has 0 saturated carbocycles. The van der Waals surface area contributed by atoms with E-state index in [0.29, 0.717) is 53.2 Å². The zero-order chi connectivity index (χ0) is 34.9. The molecule has 6 rings (SSSR count). The van der Waals surface area contributed by atoms with E-state index >= 15 is 8.78 Å². The van der Waals surface area contributed by atoms with Crippen molar-refractivity contribution < 1.29 is 31.8 Å². The Morgan fingerprint density at radius 3 is 2.49 bits per heavy atom. The first-order valence-electron chi connectivity index (χ1n) is 15.8. The van der Waals surface area contributed by atoms with Gasteiger partial charge in [0.25, 0.3) is 6.43 Å². The van der Waals surface area contributed by atoms with Gasteiger partial charge in [0.05, 0.1) is 18.7 Å². The predicted octanol–water partition coefficient (Wildman–Crippen LogP) is 7.70. The van der Waals surface area contributed by atoms with Gasteiger partial charge in [-0.1, -0.05) is 18.2 Å². The highest BCUT2D eigenvalue weighted by Gasteiger charge is 2.34. The number of halogens is 4. The summed E-state index contributed by atoms with van der Waals surface area (Å²) < 4.78 is 69.2. The number of ether oxygens (including phenoxy) is 2. The molecule has 1 fully saturated rings. The maximum atomic E-state index is 15.0. The number of fused-ring (bicyclic) bond motifs is 1. The summed E-state index contributed by atoms with van der Waals surface area (Å²) in [6, 6.07) is 12.3. The van der Waals surface area contributed by atoms with E-state index in [0.717, 1.165) is 12.1 Å². The Bertz CT molecular complexity index is 1970. The molecule has 0 bridgehead atoms. The molecule has 1 aliphatic rings. The van der Waals surface area contributed by atoms with Gasteiger partial charge in [-0.2, -0.15) is 5.10 Å². The third kappa shape index (κ3) is 7.58. The molecule has 5 aromatic rings. The number of alkyl halides is 2. The second-order valence-electron chi connectivity index (χ2n) is 12.7. The number of aromatic nitrogens is 5. The standard InChI is InChI=1S/C35H35F4N7O3/c1-5-48-23-14-26(36)25(27(37)15-23)19-46-29-9-7-6-8-24(29)30(44-46)33-41-16-21(12-20-17-45(18-20)34(47)49-35(2,3)4)32(43-33)42-22-10-11-40-28(13-22)31(38)39/h6-11,13-16,20,31H,5,12,17-19H2,1-4H3,(H,40,41,42,43). The highest BCUT2D eigenvalue weighted by atomic mass is 19.3. The zero-order valence-corrected chi connectivity index (χ0v) is 27.4. The Balaban J connectivity index is 1.33. The lowest BCUT2D eigenvalue weighted by atomic mass is 9.93. The second-order valence-corrected chi connectivity index (χ2v) is 12.7. The molecule has 256 valence electrons. The summed E-state index contributed by atoms with van der Waals surface area (Å²) in [7, 11) is 0. The quantitative estimate of drug-likeness (QED) is 0.150. The molecule has 0 atom stereocenters. The number of hydrogen-bond acceptors (Lipinski definition) is 8. The maximum Gasteiger partial charge on any atom is 0.410 e. The summed E-state index contributed by atoms with van der Waals surface area (Å²) >= 11 is 0. The Kier molecular flexibility index (Phi) is 9.39. The summed E-state index contributed by atoms with van der Waals surface area (Å²) in [5.41, 5.74) is 0.798. The number of likely N-dealkylation sites (tertiary alicyclic amines) is 1. The molecule has 0 unspecified atom stereocenters. The summed E-state index contributed by atoms with van der Waals surface area (Å²) in [6.07, 6.45) is 0.245. The van der Waals surface area contributed by atoms with Gasteiger partial charge in [0, 0.05) is 59.8 Å². The number of para-hydroxylation sites is 1. The molecule has 3 aromatic heterocycles. The van der Waals surface area contributed by atoms with E-state index in [2.05, 4.69) is 20.4 Å². The van der Waals surface area contributed by atoms with Crippen LogP contribution >= 0.6 is 0 Å². The first kappa shape index (κ1) is 33.6. The average molecular weight is 678 g/mol. The van der Waals surface area contributed by atoms with Gasteiger partial charge < -0.3 is 19.7 Å². The molecule has 0 spiro atoms. The number of nitrogens with zero attached hydrogens (tertiary/aromatic N) is 6. The van der Waals surface area contributed by atoms with Gasteiger partial charge >= 0.3 is 6.09 Å². The lowest BCUT2D eigenvalue weighted by Gasteiger charge is -2.40. The van der Waals surface area contributed by atoms with Crippen molar-refractivity contribution in [2.45, 2.75) is 52.7 Å². The van der Waals surface area contributed by atoms with E-state index in [1.807, 2.05) is 0 Å². The fourth-order valence-corrected chi connectivity index (χ4v) is 5.59. The van der Waals surface area contributed by atoms with E-state index in [1.165, 1.54) is 16.9 Å². The average Bonchev–Trinajstić information content (AvgIpc) is 3.39. The number of anilines is 2. The number of amides is 1. The monoisotopic (exact) mass is 677 g/mol. The van der Waals surface area contributed by atoms with Crippen LogP contribution in [0.15, 0.2) is 60.9 Å². The van der Waals surface area contributed by atoms with Crippen molar-refractivity contribution in [1.82, 2.24) is 29.6 Å². The third-order valence-electron chi connectivity index (χ3n) is 7.85. The van der Waals surface area contributed by atoms with Gasteiger partial charge in [-0.15, -0.1) is 0 Å². The van der Waals surface area contributed by atoms with Gasteiger partial charge in [0.15, 0.2) is 5.82 Å². The lowest BCUT2D eigenvalue weighted by molar-refractivity contribution is -0.000874. The van der Waals surface area contributed by atoms with Crippen LogP contribution in [-0.4, -0.2) is 61.0 Å². The van der Waals surface area contributed by atoms with Crippen molar-refractivity contribution >= 4 is 28.5 Å². The van der Waals surface area contributed by atoms with E-state index in [1.54, 1.807) is 69.1 Å². The van der Waals surface area contributed by atoms with Crippen LogP contribution in [0.3, 0.4) is 0 Å². The van der Waals surface area contributed by atoms with Crippen molar-refractivity contribution in [3.63, 3.8) is 0 Å². The molecule has 14 heteroatoms. The maximum absolute atomic E-state index is 15.0. The fourth-order valence-electron chi connectivity index (χ4n) is 5.59. The van der Waals surface area contributed by atoms with Gasteiger partial charge in [0.2, 0.25) is 0 Å². The molecule has 1 N–H and O–H groups in total. The van der Waals surface area contributed by atoms with Crippen molar-refractivity contribution in [1.29, 1.82) is 0 Å². The number of nitrogens with one attached hydrogen (secondary N) is 1. The number of carbonyl (C=O) groups is 1. The Hall–Kier alpha value is -5.27. The predicted molar refractivity (Wildman–Crippen MR) is 175 cm³/mol. The molecule has 10 nitrogen and oxygen atoms in total. The van der Waals surface area contributed by atoms with E-state index in [-0.39, 0.29) is 36.2 Å². The van der Waals surface area contributed by atoms with Crippen molar-refractivity contribution in [2.75, 3.05) is 25.0 Å². The Morgan fingerprint density at radius 2 is 1.80 bits per heavy atom. The molecule has 49 heavy (non-hydrogen) atoms.